The zero-order valence-corrected chi connectivity index (χ0v) is 15.6. The van der Waals surface area contributed by atoms with E-state index in [-0.39, 0.29) is 5.78 Å². The minimum absolute atomic E-state index is 0.0462. The Labute approximate surface area is 163 Å². The van der Waals surface area contributed by atoms with E-state index in [0.717, 1.165) is 43.6 Å². The number of aromatic nitrogens is 4. The van der Waals surface area contributed by atoms with Crippen LogP contribution < -0.4 is 15.1 Å². The predicted molar refractivity (Wildman–Crippen MR) is 108 cm³/mol. The third kappa shape index (κ3) is 4.06. The highest BCUT2D eigenvalue weighted by molar-refractivity contribution is 5.94. The fourth-order valence-corrected chi connectivity index (χ4v) is 3.09. The van der Waals surface area contributed by atoms with Gasteiger partial charge in [0.15, 0.2) is 5.78 Å². The number of hydrogen-bond acceptors (Lipinski definition) is 8. The van der Waals surface area contributed by atoms with Crippen LogP contribution in [-0.2, 0) is 0 Å². The Hall–Kier alpha value is -3.55. The van der Waals surface area contributed by atoms with Gasteiger partial charge in [-0.05, 0) is 43.3 Å². The molecule has 0 amide bonds. The molecule has 0 aliphatic carbocycles. The van der Waals surface area contributed by atoms with E-state index in [2.05, 4.69) is 35.1 Å². The third-order valence-electron chi connectivity index (χ3n) is 4.63. The summed E-state index contributed by atoms with van der Waals surface area (Å²) in [4.78, 5) is 33.4. The first kappa shape index (κ1) is 17.8. The summed E-state index contributed by atoms with van der Waals surface area (Å²) >= 11 is 0. The first-order valence-electron chi connectivity index (χ1n) is 9.17. The Morgan fingerprint density at radius 3 is 2.25 bits per heavy atom. The molecule has 1 saturated heterocycles. The van der Waals surface area contributed by atoms with Gasteiger partial charge < -0.3 is 15.1 Å². The topological polar surface area (TPSA) is 87.1 Å². The standard InChI is InChI=1S/C20H21N7O/c1-15(28)16-3-5-17(6-4-16)24-19-21-10-7-18(25-19)26-11-13-27(14-12-26)20-22-8-2-9-23-20/h2-10H,11-14H2,1H3,(H,21,24,25). The number of Topliss-reactive ketones (excluding diaryl/α,β-unsaturated/α-hetero) is 1. The van der Waals surface area contributed by atoms with Crippen molar-refractivity contribution in [2.45, 2.75) is 6.92 Å². The molecule has 8 heteroatoms. The van der Waals surface area contributed by atoms with Gasteiger partial charge in [0.05, 0.1) is 0 Å². The average molecular weight is 375 g/mol. The van der Waals surface area contributed by atoms with E-state index in [4.69, 9.17) is 0 Å². The van der Waals surface area contributed by atoms with Gasteiger partial charge in [0, 0.05) is 56.0 Å². The van der Waals surface area contributed by atoms with Gasteiger partial charge in [0.1, 0.15) is 5.82 Å². The second-order valence-electron chi connectivity index (χ2n) is 6.52. The summed E-state index contributed by atoms with van der Waals surface area (Å²) in [5, 5.41) is 3.19. The number of nitrogens with zero attached hydrogens (tertiary/aromatic N) is 6. The molecule has 1 aliphatic rings. The highest BCUT2D eigenvalue weighted by Gasteiger charge is 2.20. The molecule has 0 atom stereocenters. The summed E-state index contributed by atoms with van der Waals surface area (Å²) in [6.07, 6.45) is 5.28. The van der Waals surface area contributed by atoms with Crippen LogP contribution in [0.3, 0.4) is 0 Å². The lowest BCUT2D eigenvalue weighted by atomic mass is 10.1. The first-order chi connectivity index (χ1) is 13.7. The Kier molecular flexibility index (Phi) is 5.09. The fourth-order valence-electron chi connectivity index (χ4n) is 3.09. The molecule has 3 aromatic rings. The number of ketones is 1. The van der Waals surface area contributed by atoms with Crippen molar-refractivity contribution in [2.75, 3.05) is 41.3 Å². The smallest absolute Gasteiger partial charge is 0.229 e. The van der Waals surface area contributed by atoms with Gasteiger partial charge in [-0.1, -0.05) is 0 Å². The van der Waals surface area contributed by atoms with E-state index in [1.807, 2.05) is 24.3 Å². The number of hydrogen-bond donors (Lipinski definition) is 1. The molecule has 2 aromatic heterocycles. The van der Waals surface area contributed by atoms with E-state index in [1.165, 1.54) is 0 Å². The molecule has 0 saturated carbocycles. The molecule has 0 bridgehead atoms. The van der Waals surface area contributed by atoms with Crippen molar-refractivity contribution in [2.24, 2.45) is 0 Å². The molecular weight excluding hydrogens is 354 g/mol. The van der Waals surface area contributed by atoms with Crippen LogP contribution in [0.15, 0.2) is 55.0 Å². The largest absolute Gasteiger partial charge is 0.353 e. The van der Waals surface area contributed by atoms with Gasteiger partial charge in [-0.2, -0.15) is 4.98 Å². The number of carbonyl (C=O) groups is 1. The summed E-state index contributed by atoms with van der Waals surface area (Å²) in [5.74, 6) is 2.22. The first-order valence-corrected chi connectivity index (χ1v) is 9.17. The van der Waals surface area contributed by atoms with E-state index >= 15 is 0 Å². The Bertz CT molecular complexity index is 938. The van der Waals surface area contributed by atoms with Crippen molar-refractivity contribution in [1.29, 1.82) is 0 Å². The highest BCUT2D eigenvalue weighted by Crippen LogP contribution is 2.19. The van der Waals surface area contributed by atoms with Crippen molar-refractivity contribution in [3.8, 4) is 0 Å². The maximum absolute atomic E-state index is 11.4. The van der Waals surface area contributed by atoms with E-state index in [9.17, 15) is 4.79 Å². The normalized spacial score (nSPS) is 14.0. The van der Waals surface area contributed by atoms with Crippen LogP contribution in [0, 0.1) is 0 Å². The third-order valence-corrected chi connectivity index (χ3v) is 4.63. The van der Waals surface area contributed by atoms with Gasteiger partial charge in [0.25, 0.3) is 0 Å². The number of nitrogens with one attached hydrogen (secondary N) is 1. The van der Waals surface area contributed by atoms with Crippen LogP contribution in [0.2, 0.25) is 0 Å². The second-order valence-corrected chi connectivity index (χ2v) is 6.52. The second kappa shape index (κ2) is 7.99. The molecule has 3 heterocycles. The average Bonchev–Trinajstić information content (AvgIpc) is 2.75. The summed E-state index contributed by atoms with van der Waals surface area (Å²) in [6.45, 7) is 4.90. The minimum atomic E-state index is 0.0462. The molecule has 0 radical (unpaired) electrons. The quantitative estimate of drug-likeness (QED) is 0.681. The zero-order chi connectivity index (χ0) is 19.3. The van der Waals surface area contributed by atoms with E-state index in [1.54, 1.807) is 37.6 Å². The predicted octanol–water partition coefficient (Wildman–Crippen LogP) is 2.54. The lowest BCUT2D eigenvalue weighted by Gasteiger charge is -2.35. The lowest BCUT2D eigenvalue weighted by molar-refractivity contribution is 0.101. The Morgan fingerprint density at radius 1 is 0.893 bits per heavy atom. The van der Waals surface area contributed by atoms with Crippen LogP contribution in [0.4, 0.5) is 23.4 Å². The van der Waals surface area contributed by atoms with Crippen LogP contribution in [0.5, 0.6) is 0 Å². The Morgan fingerprint density at radius 2 is 1.57 bits per heavy atom. The summed E-state index contributed by atoms with van der Waals surface area (Å²) in [5.41, 5.74) is 1.52. The maximum Gasteiger partial charge on any atom is 0.229 e. The van der Waals surface area contributed by atoms with Gasteiger partial charge in [-0.25, -0.2) is 15.0 Å². The van der Waals surface area contributed by atoms with Gasteiger partial charge >= 0.3 is 0 Å². The highest BCUT2D eigenvalue weighted by atomic mass is 16.1. The number of anilines is 4. The van der Waals surface area contributed by atoms with Crippen LogP contribution >= 0.6 is 0 Å². The zero-order valence-electron chi connectivity index (χ0n) is 15.6. The lowest BCUT2D eigenvalue weighted by Crippen LogP contribution is -2.47. The number of piperazine rings is 1. The molecular formula is C20H21N7O. The maximum atomic E-state index is 11.4. The van der Waals surface area contributed by atoms with Crippen molar-refractivity contribution in [1.82, 2.24) is 19.9 Å². The fraction of sp³-hybridized carbons (Fsp3) is 0.250. The van der Waals surface area contributed by atoms with Crippen molar-refractivity contribution < 1.29 is 4.79 Å². The monoisotopic (exact) mass is 375 g/mol. The number of benzene rings is 1. The summed E-state index contributed by atoms with van der Waals surface area (Å²) in [7, 11) is 0. The number of rotatable bonds is 5. The molecule has 1 aliphatic heterocycles. The van der Waals surface area contributed by atoms with Gasteiger partial charge in [-0.3, -0.25) is 4.79 Å². The Balaban J connectivity index is 1.41. The van der Waals surface area contributed by atoms with Crippen molar-refractivity contribution in [3.63, 3.8) is 0 Å². The van der Waals surface area contributed by atoms with Crippen LogP contribution in [0.1, 0.15) is 17.3 Å². The summed E-state index contributed by atoms with van der Waals surface area (Å²) in [6, 6.07) is 11.0. The van der Waals surface area contributed by atoms with Crippen molar-refractivity contribution >= 4 is 29.2 Å². The molecule has 4 rings (SSSR count). The summed E-state index contributed by atoms with van der Waals surface area (Å²) < 4.78 is 0. The molecule has 1 N–H and O–H groups in total. The molecule has 0 unspecified atom stereocenters. The molecule has 8 nitrogen and oxygen atoms in total. The molecule has 1 aromatic carbocycles. The molecule has 142 valence electrons. The van der Waals surface area contributed by atoms with Gasteiger partial charge in [0.2, 0.25) is 11.9 Å². The van der Waals surface area contributed by atoms with E-state index in [0.29, 0.717) is 11.5 Å². The van der Waals surface area contributed by atoms with E-state index < -0.39 is 0 Å². The molecule has 0 spiro atoms. The van der Waals surface area contributed by atoms with Crippen LogP contribution in [-0.4, -0.2) is 51.9 Å². The molecule has 1 fully saturated rings. The van der Waals surface area contributed by atoms with Crippen LogP contribution in [0.25, 0.3) is 0 Å². The van der Waals surface area contributed by atoms with Crippen molar-refractivity contribution in [3.05, 3.63) is 60.6 Å². The molecule has 28 heavy (non-hydrogen) atoms. The SMILES string of the molecule is CC(=O)c1ccc(Nc2nccc(N3CCN(c4ncccn4)CC3)n2)cc1. The number of carbonyl (C=O) groups excluding carboxylic acids is 1. The minimum Gasteiger partial charge on any atom is -0.353 e. The van der Waals surface area contributed by atoms with Gasteiger partial charge in [-0.15, -0.1) is 0 Å².